The average Bonchev–Trinajstić information content (AvgIpc) is 2.95. The van der Waals surface area contributed by atoms with Gasteiger partial charge in [0, 0.05) is 47.5 Å². The van der Waals surface area contributed by atoms with Crippen LogP contribution in [0.5, 0.6) is 17.4 Å². The highest BCUT2D eigenvalue weighted by atomic mass is 19.1. The van der Waals surface area contributed by atoms with E-state index in [1.54, 1.807) is 67.0 Å². The number of nitrogens with zero attached hydrogens (tertiary/aromatic N) is 3. The van der Waals surface area contributed by atoms with Crippen molar-refractivity contribution in [1.82, 2.24) is 14.5 Å². The molecule has 0 atom stereocenters. The summed E-state index contributed by atoms with van der Waals surface area (Å²) in [5.41, 5.74) is 2.86. The number of aromatic nitrogens is 3. The van der Waals surface area contributed by atoms with Gasteiger partial charge in [0.05, 0.1) is 12.6 Å². The maximum Gasteiger partial charge on any atom is 0.261 e. The third kappa shape index (κ3) is 5.26. The Balaban J connectivity index is 1.41. The molecule has 0 bridgehead atoms. The summed E-state index contributed by atoms with van der Waals surface area (Å²) in [6.45, 7) is 5.74. The molecule has 0 saturated carbocycles. The molecule has 0 unspecified atom stereocenters. The first kappa shape index (κ1) is 26.6. The number of fused-ring (bicyclic) bond motifs is 1. The minimum Gasteiger partial charge on any atom is -0.481 e. The number of carbonyl (C=O) groups is 1. The summed E-state index contributed by atoms with van der Waals surface area (Å²) in [5, 5.41) is 2.80. The van der Waals surface area contributed by atoms with Gasteiger partial charge in [-0.3, -0.25) is 14.6 Å². The van der Waals surface area contributed by atoms with Crippen LogP contribution >= 0.6 is 0 Å². The van der Waals surface area contributed by atoms with Crippen LogP contribution in [-0.4, -0.2) is 27.6 Å². The van der Waals surface area contributed by atoms with E-state index < -0.39 is 17.2 Å². The topological polar surface area (TPSA) is 95.3 Å². The van der Waals surface area contributed by atoms with E-state index in [2.05, 4.69) is 15.3 Å². The van der Waals surface area contributed by atoms with Gasteiger partial charge in [-0.15, -0.1) is 0 Å². The molecule has 8 nitrogen and oxygen atoms in total. The molecule has 3 aromatic heterocycles. The summed E-state index contributed by atoms with van der Waals surface area (Å²) in [4.78, 5) is 35.5. The minimum atomic E-state index is -0.548. The molecule has 0 saturated heterocycles. The van der Waals surface area contributed by atoms with Crippen LogP contribution in [0.3, 0.4) is 0 Å². The van der Waals surface area contributed by atoms with Gasteiger partial charge in [0.15, 0.2) is 5.75 Å². The highest BCUT2D eigenvalue weighted by Crippen LogP contribution is 2.30. The third-order valence-electron chi connectivity index (χ3n) is 6.49. The van der Waals surface area contributed by atoms with E-state index in [9.17, 15) is 14.0 Å². The van der Waals surface area contributed by atoms with E-state index in [1.165, 1.54) is 19.2 Å². The van der Waals surface area contributed by atoms with Crippen molar-refractivity contribution < 1.29 is 18.7 Å². The number of hydrogen-bond donors (Lipinski definition) is 1. The fourth-order valence-corrected chi connectivity index (χ4v) is 4.49. The van der Waals surface area contributed by atoms with Crippen LogP contribution in [-0.2, 0) is 0 Å². The van der Waals surface area contributed by atoms with Crippen LogP contribution in [0, 0.1) is 12.7 Å². The maximum atomic E-state index is 13.5. The van der Waals surface area contributed by atoms with Crippen molar-refractivity contribution in [3.8, 4) is 28.5 Å². The highest BCUT2D eigenvalue weighted by Gasteiger charge is 2.20. The Morgan fingerprint density at radius 3 is 2.40 bits per heavy atom. The van der Waals surface area contributed by atoms with E-state index >= 15 is 0 Å². The number of carbonyl (C=O) groups excluding carboxylic acids is 1. The second-order valence-corrected chi connectivity index (χ2v) is 9.45. The fraction of sp³-hybridized carbons (Fsp3) is 0.161. The van der Waals surface area contributed by atoms with Crippen molar-refractivity contribution >= 4 is 22.6 Å². The number of pyridine rings is 3. The van der Waals surface area contributed by atoms with Gasteiger partial charge >= 0.3 is 0 Å². The number of anilines is 1. The molecule has 0 aliphatic heterocycles. The molecule has 2 aromatic carbocycles. The molecule has 202 valence electrons. The van der Waals surface area contributed by atoms with Crippen molar-refractivity contribution in [3.05, 3.63) is 106 Å². The SMILES string of the molecule is COc1ccc2nccc(Oc3ccc(NC(=O)c4cn(C(C)C)c(C)c(-c5ccc(F)cc5)c4=O)cc3)c2n1. The Hall–Kier alpha value is -5.05. The largest absolute Gasteiger partial charge is 0.481 e. The Labute approximate surface area is 230 Å². The molecule has 3 heterocycles. The molecule has 1 amide bonds. The number of halogens is 1. The van der Waals surface area contributed by atoms with Crippen LogP contribution in [0.4, 0.5) is 10.1 Å². The number of benzene rings is 2. The maximum absolute atomic E-state index is 13.5. The van der Waals surface area contributed by atoms with Gasteiger partial charge in [-0.2, -0.15) is 0 Å². The van der Waals surface area contributed by atoms with Crippen molar-refractivity contribution in [3.63, 3.8) is 0 Å². The summed E-state index contributed by atoms with van der Waals surface area (Å²) in [6.07, 6.45) is 3.20. The third-order valence-corrected chi connectivity index (χ3v) is 6.49. The standard InChI is InChI=1S/C31H27FN4O4/c1-18(2)36-17-24(30(37)28(19(36)3)20-5-7-21(32)8-6-20)31(38)34-22-9-11-23(12-10-22)40-26-15-16-33-25-13-14-27(39-4)35-29(25)26/h5-18H,1-4H3,(H,34,38). The first-order valence-corrected chi connectivity index (χ1v) is 12.7. The van der Waals surface area contributed by atoms with E-state index in [0.29, 0.717) is 50.9 Å². The molecule has 1 N–H and O–H groups in total. The molecule has 0 spiro atoms. The van der Waals surface area contributed by atoms with Gasteiger partial charge in [0.1, 0.15) is 22.6 Å². The van der Waals surface area contributed by atoms with Gasteiger partial charge in [-0.1, -0.05) is 12.1 Å². The lowest BCUT2D eigenvalue weighted by Gasteiger charge is -2.20. The second-order valence-electron chi connectivity index (χ2n) is 9.45. The van der Waals surface area contributed by atoms with Gasteiger partial charge in [-0.25, -0.2) is 9.37 Å². The molecular weight excluding hydrogens is 511 g/mol. The molecule has 5 aromatic rings. The molecule has 9 heteroatoms. The number of amides is 1. The van der Waals surface area contributed by atoms with E-state index in [4.69, 9.17) is 9.47 Å². The number of rotatable bonds is 7. The van der Waals surface area contributed by atoms with Gasteiger partial charge in [-0.05, 0) is 68.8 Å². The van der Waals surface area contributed by atoms with Crippen LogP contribution in [0.2, 0.25) is 0 Å². The van der Waals surface area contributed by atoms with Crippen molar-refractivity contribution in [2.75, 3.05) is 12.4 Å². The van der Waals surface area contributed by atoms with Gasteiger partial charge < -0.3 is 19.4 Å². The zero-order chi connectivity index (χ0) is 28.4. The zero-order valence-electron chi connectivity index (χ0n) is 22.4. The molecule has 0 aliphatic carbocycles. The normalized spacial score (nSPS) is 11.1. The molecule has 0 aliphatic rings. The average molecular weight is 539 g/mol. The summed E-state index contributed by atoms with van der Waals surface area (Å²) in [5.74, 6) is 0.514. The summed E-state index contributed by atoms with van der Waals surface area (Å²) in [6, 6.07) is 17.7. The zero-order valence-corrected chi connectivity index (χ0v) is 22.4. The summed E-state index contributed by atoms with van der Waals surface area (Å²) in [7, 11) is 1.54. The number of methoxy groups -OCH3 is 1. The van der Waals surface area contributed by atoms with Crippen LogP contribution in [0.25, 0.3) is 22.2 Å². The van der Waals surface area contributed by atoms with Crippen LogP contribution < -0.4 is 20.2 Å². The van der Waals surface area contributed by atoms with Crippen LogP contribution in [0.1, 0.15) is 35.9 Å². The first-order chi connectivity index (χ1) is 19.2. The van der Waals surface area contributed by atoms with E-state index in [-0.39, 0.29) is 11.6 Å². The Bertz CT molecular complexity index is 1760. The fourth-order valence-electron chi connectivity index (χ4n) is 4.49. The first-order valence-electron chi connectivity index (χ1n) is 12.7. The predicted molar refractivity (Wildman–Crippen MR) is 152 cm³/mol. The van der Waals surface area contributed by atoms with Crippen molar-refractivity contribution in [2.24, 2.45) is 0 Å². The molecule has 0 radical (unpaired) electrons. The quantitative estimate of drug-likeness (QED) is 0.253. The highest BCUT2D eigenvalue weighted by molar-refractivity contribution is 6.04. The lowest BCUT2D eigenvalue weighted by atomic mass is 10.00. The van der Waals surface area contributed by atoms with Crippen molar-refractivity contribution in [1.29, 1.82) is 0 Å². The lowest BCUT2D eigenvalue weighted by molar-refractivity contribution is 0.102. The Kier molecular flexibility index (Phi) is 7.29. The predicted octanol–water partition coefficient (Wildman–Crippen LogP) is 6.54. The number of ether oxygens (including phenoxy) is 2. The molecule has 0 fully saturated rings. The summed E-state index contributed by atoms with van der Waals surface area (Å²) < 4.78 is 26.7. The van der Waals surface area contributed by atoms with Gasteiger partial charge in [0.2, 0.25) is 11.3 Å². The Morgan fingerprint density at radius 1 is 1.00 bits per heavy atom. The number of nitrogens with one attached hydrogen (secondary N) is 1. The monoisotopic (exact) mass is 538 g/mol. The Morgan fingerprint density at radius 2 is 1.73 bits per heavy atom. The molecule has 5 rings (SSSR count). The van der Waals surface area contributed by atoms with Gasteiger partial charge in [0.25, 0.3) is 5.91 Å². The van der Waals surface area contributed by atoms with E-state index in [0.717, 1.165) is 0 Å². The van der Waals surface area contributed by atoms with Crippen molar-refractivity contribution in [2.45, 2.75) is 26.8 Å². The van der Waals surface area contributed by atoms with Crippen LogP contribution in [0.15, 0.2) is 83.9 Å². The summed E-state index contributed by atoms with van der Waals surface area (Å²) >= 11 is 0. The molecular formula is C31H27FN4O4. The lowest BCUT2D eigenvalue weighted by Crippen LogP contribution is -2.26. The number of hydrogen-bond acceptors (Lipinski definition) is 6. The smallest absolute Gasteiger partial charge is 0.261 e. The minimum absolute atomic E-state index is 0.0118. The van der Waals surface area contributed by atoms with E-state index in [1.807, 2.05) is 25.3 Å². The second kappa shape index (κ2) is 11.0. The molecule has 40 heavy (non-hydrogen) atoms.